The van der Waals surface area contributed by atoms with Gasteiger partial charge < -0.3 is 15.8 Å². The fourth-order valence-corrected chi connectivity index (χ4v) is 7.12. The van der Waals surface area contributed by atoms with Crippen molar-refractivity contribution in [1.29, 1.82) is 0 Å². The summed E-state index contributed by atoms with van der Waals surface area (Å²) in [6.45, 7) is 1.26. The first kappa shape index (κ1) is 26.4. The SMILES string of the molecule is Nc1nccc(-c2ccc(S(=O)(=O)[C@H]3CC[C@H](Nc4ccc(C(F)(F)F)cn4)CC3)cc2)c1C1CCOC1. The number of nitrogen functional groups attached to an aromatic ring is 1. The number of benzene rings is 1. The third-order valence-electron chi connectivity index (χ3n) is 7.41. The van der Waals surface area contributed by atoms with E-state index in [1.165, 1.54) is 6.07 Å². The number of nitrogens with zero attached hydrogens (tertiary/aromatic N) is 2. The maximum absolute atomic E-state index is 13.4. The molecule has 2 aliphatic rings. The normalized spacial score (nSPS) is 22.3. The van der Waals surface area contributed by atoms with Crippen LogP contribution in [0.5, 0.6) is 0 Å². The summed E-state index contributed by atoms with van der Waals surface area (Å²) < 4.78 is 70.5. The lowest BCUT2D eigenvalue weighted by Gasteiger charge is -2.29. The average Bonchev–Trinajstić information content (AvgIpc) is 3.43. The van der Waals surface area contributed by atoms with Crippen LogP contribution >= 0.6 is 0 Å². The molecule has 2 aromatic heterocycles. The fraction of sp³-hybridized carbons (Fsp3) is 0.407. The number of anilines is 2. The molecule has 0 amide bonds. The van der Waals surface area contributed by atoms with Gasteiger partial charge in [0.05, 0.1) is 22.3 Å². The lowest BCUT2D eigenvalue weighted by Crippen LogP contribution is -2.33. The smallest absolute Gasteiger partial charge is 0.383 e. The molecular formula is C27H29F3N4O3S. The first-order valence-corrected chi connectivity index (χ1v) is 14.1. The maximum atomic E-state index is 13.4. The van der Waals surface area contributed by atoms with Gasteiger partial charge >= 0.3 is 6.18 Å². The van der Waals surface area contributed by atoms with Gasteiger partial charge in [-0.15, -0.1) is 0 Å². The van der Waals surface area contributed by atoms with E-state index in [1.807, 2.05) is 18.2 Å². The van der Waals surface area contributed by atoms with E-state index in [0.29, 0.717) is 50.5 Å². The summed E-state index contributed by atoms with van der Waals surface area (Å²) in [4.78, 5) is 8.38. The maximum Gasteiger partial charge on any atom is 0.417 e. The van der Waals surface area contributed by atoms with E-state index in [0.717, 1.165) is 35.4 Å². The number of rotatable bonds is 6. The third kappa shape index (κ3) is 5.49. The van der Waals surface area contributed by atoms with Crippen molar-refractivity contribution in [2.75, 3.05) is 24.3 Å². The van der Waals surface area contributed by atoms with Gasteiger partial charge in [-0.25, -0.2) is 18.4 Å². The zero-order chi connectivity index (χ0) is 26.9. The summed E-state index contributed by atoms with van der Waals surface area (Å²) in [5, 5.41) is 2.61. The van der Waals surface area contributed by atoms with E-state index < -0.39 is 26.8 Å². The zero-order valence-corrected chi connectivity index (χ0v) is 21.4. The van der Waals surface area contributed by atoms with Crippen LogP contribution < -0.4 is 11.1 Å². The Bertz CT molecular complexity index is 1370. The number of halogens is 3. The number of hydrogen-bond donors (Lipinski definition) is 2. The highest BCUT2D eigenvalue weighted by Crippen LogP contribution is 2.38. The predicted molar refractivity (Wildman–Crippen MR) is 138 cm³/mol. The largest absolute Gasteiger partial charge is 0.417 e. The Balaban J connectivity index is 1.24. The number of nitrogens with one attached hydrogen (secondary N) is 1. The topological polar surface area (TPSA) is 107 Å². The van der Waals surface area contributed by atoms with E-state index in [-0.39, 0.29) is 16.9 Å². The minimum absolute atomic E-state index is 0.0526. The van der Waals surface area contributed by atoms with E-state index in [9.17, 15) is 21.6 Å². The van der Waals surface area contributed by atoms with Crippen LogP contribution in [0.4, 0.5) is 24.8 Å². The Kier molecular flexibility index (Phi) is 7.32. The monoisotopic (exact) mass is 546 g/mol. The first-order valence-electron chi connectivity index (χ1n) is 12.6. The zero-order valence-electron chi connectivity index (χ0n) is 20.6. The highest BCUT2D eigenvalue weighted by Gasteiger charge is 2.33. The molecule has 38 heavy (non-hydrogen) atoms. The van der Waals surface area contributed by atoms with Crippen molar-refractivity contribution < 1.29 is 26.3 Å². The third-order valence-corrected chi connectivity index (χ3v) is 9.69. The molecule has 1 saturated carbocycles. The van der Waals surface area contributed by atoms with Crippen LogP contribution in [0.25, 0.3) is 11.1 Å². The molecule has 11 heteroatoms. The van der Waals surface area contributed by atoms with Crippen LogP contribution in [0.2, 0.25) is 0 Å². The first-order chi connectivity index (χ1) is 18.1. The lowest BCUT2D eigenvalue weighted by atomic mass is 9.91. The van der Waals surface area contributed by atoms with Crippen molar-refractivity contribution in [1.82, 2.24) is 9.97 Å². The second-order valence-corrected chi connectivity index (χ2v) is 12.1. The van der Waals surface area contributed by atoms with Crippen molar-refractivity contribution in [2.24, 2.45) is 0 Å². The van der Waals surface area contributed by atoms with Gasteiger partial charge in [0.1, 0.15) is 11.6 Å². The van der Waals surface area contributed by atoms with Crippen LogP contribution in [-0.4, -0.2) is 42.9 Å². The fourth-order valence-electron chi connectivity index (χ4n) is 5.32. The molecular weight excluding hydrogens is 517 g/mol. The number of ether oxygens (including phenoxy) is 1. The lowest BCUT2D eigenvalue weighted by molar-refractivity contribution is -0.137. The molecule has 1 aliphatic carbocycles. The average molecular weight is 547 g/mol. The van der Waals surface area contributed by atoms with Crippen LogP contribution in [0.1, 0.15) is 49.1 Å². The van der Waals surface area contributed by atoms with Gasteiger partial charge in [-0.1, -0.05) is 12.1 Å². The number of sulfone groups is 1. The van der Waals surface area contributed by atoms with Gasteiger partial charge in [0.25, 0.3) is 0 Å². The molecule has 7 nitrogen and oxygen atoms in total. The molecule has 1 aromatic carbocycles. The van der Waals surface area contributed by atoms with E-state index >= 15 is 0 Å². The molecule has 202 valence electrons. The predicted octanol–water partition coefficient (Wildman–Crippen LogP) is 5.45. The number of aromatic nitrogens is 2. The van der Waals surface area contributed by atoms with Gasteiger partial charge in [0.2, 0.25) is 0 Å². The molecule has 3 aromatic rings. The van der Waals surface area contributed by atoms with E-state index in [4.69, 9.17) is 10.5 Å². The van der Waals surface area contributed by atoms with Gasteiger partial charge in [0.15, 0.2) is 9.84 Å². The summed E-state index contributed by atoms with van der Waals surface area (Å²) in [6, 6.07) is 11.0. The van der Waals surface area contributed by atoms with Gasteiger partial charge in [0, 0.05) is 36.5 Å². The second-order valence-electron chi connectivity index (χ2n) is 9.84. The Morgan fingerprint density at radius 1 is 0.947 bits per heavy atom. The second kappa shape index (κ2) is 10.5. The number of nitrogens with two attached hydrogens (primary N) is 1. The van der Waals surface area contributed by atoms with Gasteiger partial charge in [-0.05, 0) is 73.6 Å². The molecule has 1 unspecified atom stereocenters. The molecule has 3 N–H and O–H groups in total. The van der Waals surface area contributed by atoms with Crippen LogP contribution in [0.15, 0.2) is 59.8 Å². The van der Waals surface area contributed by atoms with Crippen molar-refractivity contribution in [3.8, 4) is 11.1 Å². The van der Waals surface area contributed by atoms with Crippen molar-refractivity contribution in [3.63, 3.8) is 0 Å². The van der Waals surface area contributed by atoms with Crippen LogP contribution in [-0.2, 0) is 20.8 Å². The molecule has 0 spiro atoms. The quantitative estimate of drug-likeness (QED) is 0.424. The van der Waals surface area contributed by atoms with Crippen LogP contribution in [0.3, 0.4) is 0 Å². The molecule has 1 aliphatic heterocycles. The Morgan fingerprint density at radius 2 is 1.68 bits per heavy atom. The summed E-state index contributed by atoms with van der Waals surface area (Å²) in [5.74, 6) is 0.968. The number of hydrogen-bond acceptors (Lipinski definition) is 7. The minimum Gasteiger partial charge on any atom is -0.383 e. The summed E-state index contributed by atoms with van der Waals surface area (Å²) in [7, 11) is -3.54. The summed E-state index contributed by atoms with van der Waals surface area (Å²) in [6.07, 6.45) is 0.941. The molecule has 1 atom stereocenters. The number of alkyl halides is 3. The number of pyridine rings is 2. The van der Waals surface area contributed by atoms with Crippen LogP contribution in [0, 0.1) is 0 Å². The van der Waals surface area contributed by atoms with Crippen molar-refractivity contribution in [2.45, 2.75) is 60.4 Å². The molecule has 0 bridgehead atoms. The molecule has 1 saturated heterocycles. The molecule has 5 rings (SSSR count). The Morgan fingerprint density at radius 3 is 2.29 bits per heavy atom. The molecule has 3 heterocycles. The summed E-state index contributed by atoms with van der Waals surface area (Å²) >= 11 is 0. The molecule has 2 fully saturated rings. The van der Waals surface area contributed by atoms with Crippen molar-refractivity contribution >= 4 is 21.5 Å². The van der Waals surface area contributed by atoms with E-state index in [2.05, 4.69) is 15.3 Å². The standard InChI is InChI=1S/C27H29F3N4O3S/c28-27(29,30)19-3-10-24(33-15-19)34-20-4-8-22(9-5-20)38(35,36)21-6-1-17(2-7-21)23-11-13-32-26(31)25(23)18-12-14-37-16-18/h1-3,6-7,10-11,13,15,18,20,22H,4-5,8-9,12,14,16H2,(H2,31,32)(H,33,34)/t18?,20-,22-. The van der Waals surface area contributed by atoms with E-state index in [1.54, 1.807) is 18.3 Å². The minimum atomic E-state index is -4.44. The van der Waals surface area contributed by atoms with Gasteiger partial charge in [-0.3, -0.25) is 0 Å². The molecule has 0 radical (unpaired) electrons. The Hall–Kier alpha value is -3.18. The summed E-state index contributed by atoms with van der Waals surface area (Å²) in [5.41, 5.74) is 8.14. The van der Waals surface area contributed by atoms with Gasteiger partial charge in [-0.2, -0.15) is 13.2 Å². The highest BCUT2D eigenvalue weighted by atomic mass is 32.2. The highest BCUT2D eigenvalue weighted by molar-refractivity contribution is 7.92. The van der Waals surface area contributed by atoms with Crippen molar-refractivity contribution in [3.05, 3.63) is 66.0 Å². The Labute approximate surface area is 219 Å².